The zero-order valence-corrected chi connectivity index (χ0v) is 13.7. The summed E-state index contributed by atoms with van der Waals surface area (Å²) >= 11 is 0. The van der Waals surface area contributed by atoms with Crippen molar-refractivity contribution in [3.05, 3.63) is 29.3 Å². The van der Waals surface area contributed by atoms with Crippen molar-refractivity contribution in [3.63, 3.8) is 0 Å². The van der Waals surface area contributed by atoms with E-state index in [0.717, 1.165) is 0 Å². The maximum atomic E-state index is 11.9. The van der Waals surface area contributed by atoms with Crippen LogP contribution in [0.4, 0.5) is 0 Å². The Bertz CT molecular complexity index is 469. The lowest BCUT2D eigenvalue weighted by Gasteiger charge is -2.18. The summed E-state index contributed by atoms with van der Waals surface area (Å²) in [5.74, 6) is 1.11. The van der Waals surface area contributed by atoms with Crippen LogP contribution in [0.2, 0.25) is 0 Å². The second-order valence-corrected chi connectivity index (χ2v) is 5.91. The van der Waals surface area contributed by atoms with E-state index in [4.69, 9.17) is 4.74 Å². The number of nitrogens with zero attached hydrogens (tertiary/aromatic N) is 1. The van der Waals surface area contributed by atoms with Gasteiger partial charge in [-0.3, -0.25) is 4.79 Å². The second-order valence-electron chi connectivity index (χ2n) is 5.91. The molecule has 0 aliphatic carbocycles. The standard InChI is InChI=1S/C17H27NO3/c1-12(2)16-7-6-15(10-13(16)3)21-11-17(20)18(5)9-8-14(4)19/h6-7,10,12,14,19H,8-9,11H2,1-5H3. The summed E-state index contributed by atoms with van der Waals surface area (Å²) in [6, 6.07) is 5.93. The lowest BCUT2D eigenvalue weighted by molar-refractivity contribution is -0.132. The number of aliphatic hydroxyl groups is 1. The Morgan fingerprint density at radius 1 is 1.33 bits per heavy atom. The first kappa shape index (κ1) is 17.5. The van der Waals surface area contributed by atoms with Gasteiger partial charge in [-0.25, -0.2) is 0 Å². The van der Waals surface area contributed by atoms with Crippen LogP contribution < -0.4 is 4.74 Å². The molecular formula is C17H27NO3. The van der Waals surface area contributed by atoms with Crippen molar-refractivity contribution < 1.29 is 14.6 Å². The summed E-state index contributed by atoms with van der Waals surface area (Å²) in [4.78, 5) is 13.5. The molecule has 0 aliphatic rings. The smallest absolute Gasteiger partial charge is 0.260 e. The van der Waals surface area contributed by atoms with E-state index in [9.17, 15) is 9.90 Å². The molecule has 21 heavy (non-hydrogen) atoms. The Morgan fingerprint density at radius 2 is 2.00 bits per heavy atom. The molecule has 1 aromatic carbocycles. The highest BCUT2D eigenvalue weighted by molar-refractivity contribution is 5.77. The molecule has 0 bridgehead atoms. The molecule has 1 atom stereocenters. The van der Waals surface area contributed by atoms with Gasteiger partial charge in [-0.05, 0) is 49.4 Å². The average molecular weight is 293 g/mol. The lowest BCUT2D eigenvalue weighted by Crippen LogP contribution is -2.33. The molecular weight excluding hydrogens is 266 g/mol. The Balaban J connectivity index is 2.51. The second kappa shape index (κ2) is 8.03. The van der Waals surface area contributed by atoms with Gasteiger partial charge in [0.25, 0.3) is 5.91 Å². The fraction of sp³-hybridized carbons (Fsp3) is 0.588. The number of hydrogen-bond donors (Lipinski definition) is 1. The molecule has 1 rings (SSSR count). The molecule has 0 heterocycles. The fourth-order valence-corrected chi connectivity index (χ4v) is 2.15. The maximum Gasteiger partial charge on any atom is 0.260 e. The fourth-order valence-electron chi connectivity index (χ4n) is 2.15. The number of carbonyl (C=O) groups is 1. The Morgan fingerprint density at radius 3 is 2.52 bits per heavy atom. The van der Waals surface area contributed by atoms with E-state index in [2.05, 4.69) is 26.8 Å². The number of benzene rings is 1. The van der Waals surface area contributed by atoms with Crippen molar-refractivity contribution in [3.8, 4) is 5.75 Å². The topological polar surface area (TPSA) is 49.8 Å². The number of rotatable bonds is 7. The summed E-state index contributed by atoms with van der Waals surface area (Å²) in [5.41, 5.74) is 2.47. The molecule has 4 nitrogen and oxygen atoms in total. The Hall–Kier alpha value is -1.55. The van der Waals surface area contributed by atoms with Gasteiger partial charge in [-0.2, -0.15) is 0 Å². The predicted molar refractivity (Wildman–Crippen MR) is 84.7 cm³/mol. The number of carbonyl (C=O) groups excluding carboxylic acids is 1. The van der Waals surface area contributed by atoms with Gasteiger partial charge in [0.05, 0.1) is 6.10 Å². The molecule has 1 unspecified atom stereocenters. The van der Waals surface area contributed by atoms with Gasteiger partial charge in [-0.15, -0.1) is 0 Å². The van der Waals surface area contributed by atoms with E-state index in [1.807, 2.05) is 12.1 Å². The van der Waals surface area contributed by atoms with E-state index in [1.165, 1.54) is 11.1 Å². The molecule has 118 valence electrons. The highest BCUT2D eigenvalue weighted by atomic mass is 16.5. The predicted octanol–water partition coefficient (Wildman–Crippen LogP) is 2.73. The molecule has 1 amide bonds. The molecule has 0 fully saturated rings. The van der Waals surface area contributed by atoms with Gasteiger partial charge >= 0.3 is 0 Å². The molecule has 1 N–H and O–H groups in total. The maximum absolute atomic E-state index is 11.9. The van der Waals surface area contributed by atoms with Crippen LogP contribution >= 0.6 is 0 Å². The van der Waals surface area contributed by atoms with Crippen LogP contribution in [-0.4, -0.2) is 42.2 Å². The van der Waals surface area contributed by atoms with Crippen molar-refractivity contribution in [2.75, 3.05) is 20.2 Å². The Kier molecular flexibility index (Phi) is 6.69. The van der Waals surface area contributed by atoms with Gasteiger partial charge in [0.15, 0.2) is 6.61 Å². The monoisotopic (exact) mass is 293 g/mol. The first-order valence-electron chi connectivity index (χ1n) is 7.46. The van der Waals surface area contributed by atoms with E-state index in [0.29, 0.717) is 24.6 Å². The number of ether oxygens (including phenoxy) is 1. The molecule has 0 radical (unpaired) electrons. The number of aliphatic hydroxyl groups excluding tert-OH is 1. The third-order valence-corrected chi connectivity index (χ3v) is 3.53. The van der Waals surface area contributed by atoms with Gasteiger partial charge in [-0.1, -0.05) is 19.9 Å². The first-order chi connectivity index (χ1) is 9.81. The van der Waals surface area contributed by atoms with E-state index >= 15 is 0 Å². The van der Waals surface area contributed by atoms with Crippen molar-refractivity contribution in [1.29, 1.82) is 0 Å². The van der Waals surface area contributed by atoms with Crippen LogP contribution in [-0.2, 0) is 4.79 Å². The van der Waals surface area contributed by atoms with Gasteiger partial charge in [0.2, 0.25) is 0 Å². The number of amides is 1. The SMILES string of the molecule is Cc1cc(OCC(=O)N(C)CCC(C)O)ccc1C(C)C. The third kappa shape index (κ3) is 5.76. The quantitative estimate of drug-likeness (QED) is 0.841. The number of hydrogen-bond acceptors (Lipinski definition) is 3. The van der Waals surface area contributed by atoms with Crippen LogP contribution in [0.5, 0.6) is 5.75 Å². The minimum Gasteiger partial charge on any atom is -0.484 e. The third-order valence-electron chi connectivity index (χ3n) is 3.53. The number of aryl methyl sites for hydroxylation is 1. The summed E-state index contributed by atoms with van der Waals surface area (Å²) < 4.78 is 5.56. The Labute approximate surface area is 127 Å². The minimum absolute atomic E-state index is 0.0246. The molecule has 0 saturated carbocycles. The highest BCUT2D eigenvalue weighted by Gasteiger charge is 2.11. The van der Waals surface area contributed by atoms with Crippen LogP contribution in [0, 0.1) is 6.92 Å². The first-order valence-corrected chi connectivity index (χ1v) is 7.46. The minimum atomic E-state index is -0.396. The summed E-state index contributed by atoms with van der Waals surface area (Å²) in [6.07, 6.45) is 0.178. The zero-order chi connectivity index (χ0) is 16.0. The van der Waals surface area contributed by atoms with Crippen LogP contribution in [0.15, 0.2) is 18.2 Å². The van der Waals surface area contributed by atoms with Crippen molar-refractivity contribution >= 4 is 5.91 Å². The molecule has 4 heteroatoms. The molecule has 0 spiro atoms. The van der Waals surface area contributed by atoms with Crippen molar-refractivity contribution in [2.45, 2.75) is 46.1 Å². The van der Waals surface area contributed by atoms with E-state index in [1.54, 1.807) is 18.9 Å². The average Bonchev–Trinajstić information content (AvgIpc) is 2.41. The van der Waals surface area contributed by atoms with E-state index < -0.39 is 6.10 Å². The van der Waals surface area contributed by atoms with Gasteiger partial charge in [0.1, 0.15) is 5.75 Å². The molecule has 0 aliphatic heterocycles. The summed E-state index contributed by atoms with van der Waals surface area (Å²) in [7, 11) is 1.72. The zero-order valence-electron chi connectivity index (χ0n) is 13.7. The molecule has 1 aromatic rings. The number of likely N-dealkylation sites (N-methyl/N-ethyl adjacent to an activating group) is 1. The highest BCUT2D eigenvalue weighted by Crippen LogP contribution is 2.23. The largest absolute Gasteiger partial charge is 0.484 e. The van der Waals surface area contributed by atoms with Crippen LogP contribution in [0.25, 0.3) is 0 Å². The lowest BCUT2D eigenvalue weighted by atomic mass is 9.98. The van der Waals surface area contributed by atoms with Crippen LogP contribution in [0.1, 0.15) is 44.2 Å². The van der Waals surface area contributed by atoms with Gasteiger partial charge < -0.3 is 14.7 Å². The van der Waals surface area contributed by atoms with Crippen LogP contribution in [0.3, 0.4) is 0 Å². The summed E-state index contributed by atoms with van der Waals surface area (Å²) in [5, 5.41) is 9.22. The van der Waals surface area contributed by atoms with E-state index in [-0.39, 0.29) is 12.5 Å². The summed E-state index contributed by atoms with van der Waals surface area (Å²) in [6.45, 7) is 8.64. The normalized spacial score (nSPS) is 12.3. The van der Waals surface area contributed by atoms with Gasteiger partial charge in [0, 0.05) is 13.6 Å². The molecule has 0 aromatic heterocycles. The van der Waals surface area contributed by atoms with Crippen molar-refractivity contribution in [2.24, 2.45) is 0 Å². The van der Waals surface area contributed by atoms with Crippen molar-refractivity contribution in [1.82, 2.24) is 4.90 Å². The molecule has 0 saturated heterocycles.